The second kappa shape index (κ2) is 7.89. The van der Waals surface area contributed by atoms with Crippen LogP contribution in [-0.2, 0) is 16.0 Å². The number of carbonyl (C=O) groups excluding carboxylic acids is 2. The molecule has 1 atom stereocenters. The standard InChI is InChI=1S/C21H18Cl2N4O2/c1-2-16-19(12-3-5-13(22)6-4-12)20-25-21(29)17(27(20)26-16)11-18(28)24-15-9-7-14(23)8-10-15/h3-10,17H,2,11H2,1H3,(H,24,28)(H,25,29). The Kier molecular flexibility index (Phi) is 5.30. The molecule has 0 bridgehead atoms. The molecule has 0 spiro atoms. The number of nitrogens with one attached hydrogen (secondary N) is 2. The number of anilines is 2. The fraction of sp³-hybridized carbons (Fsp3) is 0.190. The molecule has 1 aliphatic rings. The molecule has 29 heavy (non-hydrogen) atoms. The summed E-state index contributed by atoms with van der Waals surface area (Å²) < 4.78 is 1.62. The van der Waals surface area contributed by atoms with Gasteiger partial charge in [0.15, 0.2) is 0 Å². The second-order valence-corrected chi connectivity index (χ2v) is 7.61. The molecular weight excluding hydrogens is 411 g/mol. The highest BCUT2D eigenvalue weighted by atomic mass is 35.5. The quantitative estimate of drug-likeness (QED) is 0.603. The van der Waals surface area contributed by atoms with Gasteiger partial charge >= 0.3 is 0 Å². The van der Waals surface area contributed by atoms with Gasteiger partial charge in [-0.3, -0.25) is 9.59 Å². The molecule has 0 radical (unpaired) electrons. The molecule has 1 aliphatic heterocycles. The van der Waals surface area contributed by atoms with Gasteiger partial charge in [-0.25, -0.2) is 4.68 Å². The Morgan fingerprint density at radius 3 is 2.34 bits per heavy atom. The first-order chi connectivity index (χ1) is 14.0. The lowest BCUT2D eigenvalue weighted by atomic mass is 10.0. The highest BCUT2D eigenvalue weighted by Gasteiger charge is 2.36. The molecule has 4 rings (SSSR count). The van der Waals surface area contributed by atoms with Crippen LogP contribution in [0.1, 0.15) is 25.1 Å². The molecule has 1 unspecified atom stereocenters. The average molecular weight is 429 g/mol. The van der Waals surface area contributed by atoms with Gasteiger partial charge in [-0.15, -0.1) is 0 Å². The first-order valence-electron chi connectivity index (χ1n) is 9.20. The van der Waals surface area contributed by atoms with E-state index in [1.807, 2.05) is 19.1 Å². The van der Waals surface area contributed by atoms with Crippen LogP contribution in [0, 0.1) is 0 Å². The Hall–Kier alpha value is -2.83. The minimum Gasteiger partial charge on any atom is -0.326 e. The van der Waals surface area contributed by atoms with Crippen molar-refractivity contribution in [1.29, 1.82) is 0 Å². The summed E-state index contributed by atoms with van der Waals surface area (Å²) in [4.78, 5) is 25.1. The summed E-state index contributed by atoms with van der Waals surface area (Å²) >= 11 is 11.9. The predicted octanol–water partition coefficient (Wildman–Crippen LogP) is 4.94. The monoisotopic (exact) mass is 428 g/mol. The van der Waals surface area contributed by atoms with Crippen LogP contribution in [0.5, 0.6) is 0 Å². The third-order valence-electron chi connectivity index (χ3n) is 4.80. The van der Waals surface area contributed by atoms with Crippen molar-refractivity contribution >= 4 is 46.5 Å². The van der Waals surface area contributed by atoms with Crippen LogP contribution in [0.3, 0.4) is 0 Å². The lowest BCUT2D eigenvalue weighted by molar-refractivity contribution is -0.123. The van der Waals surface area contributed by atoms with Crippen molar-refractivity contribution in [2.75, 3.05) is 10.6 Å². The number of hydrogen-bond donors (Lipinski definition) is 2. The van der Waals surface area contributed by atoms with Crippen molar-refractivity contribution in [3.63, 3.8) is 0 Å². The number of hydrogen-bond acceptors (Lipinski definition) is 3. The molecule has 2 N–H and O–H groups in total. The van der Waals surface area contributed by atoms with Crippen LogP contribution in [0.4, 0.5) is 11.5 Å². The van der Waals surface area contributed by atoms with Crippen molar-refractivity contribution in [2.24, 2.45) is 0 Å². The van der Waals surface area contributed by atoms with Gasteiger partial charge in [0.1, 0.15) is 11.9 Å². The summed E-state index contributed by atoms with van der Waals surface area (Å²) in [6.45, 7) is 2.00. The van der Waals surface area contributed by atoms with E-state index in [9.17, 15) is 9.59 Å². The van der Waals surface area contributed by atoms with Gasteiger partial charge < -0.3 is 10.6 Å². The van der Waals surface area contributed by atoms with E-state index in [4.69, 9.17) is 23.2 Å². The molecule has 3 aromatic rings. The lowest BCUT2D eigenvalue weighted by Crippen LogP contribution is -2.23. The maximum absolute atomic E-state index is 12.6. The van der Waals surface area contributed by atoms with E-state index in [0.717, 1.165) is 16.8 Å². The third-order valence-corrected chi connectivity index (χ3v) is 5.30. The molecule has 6 nitrogen and oxygen atoms in total. The summed E-state index contributed by atoms with van der Waals surface area (Å²) in [7, 11) is 0. The van der Waals surface area contributed by atoms with Crippen LogP contribution in [0.15, 0.2) is 48.5 Å². The highest BCUT2D eigenvalue weighted by Crippen LogP contribution is 2.39. The van der Waals surface area contributed by atoms with Crippen molar-refractivity contribution in [1.82, 2.24) is 9.78 Å². The van der Waals surface area contributed by atoms with Crippen LogP contribution < -0.4 is 10.6 Å². The van der Waals surface area contributed by atoms with Gasteiger partial charge in [0.25, 0.3) is 5.91 Å². The van der Waals surface area contributed by atoms with Gasteiger partial charge in [-0.1, -0.05) is 42.3 Å². The van der Waals surface area contributed by atoms with Crippen LogP contribution in [0.2, 0.25) is 10.0 Å². The zero-order chi connectivity index (χ0) is 20.5. The Balaban J connectivity index is 1.60. The molecule has 0 saturated heterocycles. The van der Waals surface area contributed by atoms with Crippen LogP contribution in [-0.4, -0.2) is 21.6 Å². The minimum absolute atomic E-state index is 0.0215. The zero-order valence-electron chi connectivity index (χ0n) is 15.6. The summed E-state index contributed by atoms with van der Waals surface area (Å²) in [5.41, 5.74) is 3.25. The zero-order valence-corrected chi connectivity index (χ0v) is 17.1. The normalized spacial score (nSPS) is 15.1. The Morgan fingerprint density at radius 1 is 1.10 bits per heavy atom. The van der Waals surface area contributed by atoms with Gasteiger partial charge in [0, 0.05) is 21.3 Å². The van der Waals surface area contributed by atoms with E-state index in [2.05, 4.69) is 15.7 Å². The van der Waals surface area contributed by atoms with Crippen LogP contribution >= 0.6 is 23.2 Å². The molecule has 0 aliphatic carbocycles. The second-order valence-electron chi connectivity index (χ2n) is 6.74. The predicted molar refractivity (Wildman–Crippen MR) is 114 cm³/mol. The van der Waals surface area contributed by atoms with Crippen molar-refractivity contribution in [3.05, 3.63) is 64.3 Å². The Morgan fingerprint density at radius 2 is 1.72 bits per heavy atom. The molecule has 2 amide bonds. The largest absolute Gasteiger partial charge is 0.326 e. The highest BCUT2D eigenvalue weighted by molar-refractivity contribution is 6.31. The van der Waals surface area contributed by atoms with E-state index in [1.165, 1.54) is 0 Å². The van der Waals surface area contributed by atoms with Gasteiger partial charge in [0.2, 0.25) is 5.91 Å². The first kappa shape index (κ1) is 19.5. The summed E-state index contributed by atoms with van der Waals surface area (Å²) in [5.74, 6) is 0.0806. The van der Waals surface area contributed by atoms with E-state index in [1.54, 1.807) is 41.1 Å². The molecular formula is C21H18Cl2N4O2. The number of halogens is 2. The van der Waals surface area contributed by atoms with Gasteiger partial charge in [-0.2, -0.15) is 5.10 Å². The Bertz CT molecular complexity index is 1080. The number of benzene rings is 2. The molecule has 0 fully saturated rings. The maximum atomic E-state index is 12.6. The number of aromatic nitrogens is 2. The number of nitrogens with zero attached hydrogens (tertiary/aromatic N) is 2. The molecule has 2 heterocycles. The molecule has 8 heteroatoms. The SMILES string of the molecule is CCc1nn2c(c1-c1ccc(Cl)cc1)NC(=O)C2CC(=O)Nc1ccc(Cl)cc1. The molecule has 148 valence electrons. The van der Waals surface area contributed by atoms with E-state index >= 15 is 0 Å². The van der Waals surface area contributed by atoms with Gasteiger partial charge in [0.05, 0.1) is 12.1 Å². The summed E-state index contributed by atoms with van der Waals surface area (Å²) in [6, 6.07) is 13.5. The number of carbonyl (C=O) groups is 2. The topological polar surface area (TPSA) is 76.0 Å². The number of fused-ring (bicyclic) bond motifs is 1. The number of aryl methyl sites for hydroxylation is 1. The molecule has 0 saturated carbocycles. The van der Waals surface area contributed by atoms with Gasteiger partial charge in [-0.05, 0) is 48.4 Å². The average Bonchev–Trinajstić information content (AvgIpc) is 3.20. The van der Waals surface area contributed by atoms with Crippen molar-refractivity contribution in [3.8, 4) is 11.1 Å². The maximum Gasteiger partial charge on any atom is 0.251 e. The fourth-order valence-corrected chi connectivity index (χ4v) is 3.66. The third kappa shape index (κ3) is 3.86. The van der Waals surface area contributed by atoms with Crippen molar-refractivity contribution in [2.45, 2.75) is 25.8 Å². The summed E-state index contributed by atoms with van der Waals surface area (Å²) in [5, 5.41) is 11.5. The van der Waals surface area contributed by atoms with E-state index in [-0.39, 0.29) is 18.2 Å². The molecule has 1 aromatic heterocycles. The number of rotatable bonds is 5. The smallest absolute Gasteiger partial charge is 0.251 e. The molecule has 2 aromatic carbocycles. The van der Waals surface area contributed by atoms with Crippen molar-refractivity contribution < 1.29 is 9.59 Å². The van der Waals surface area contributed by atoms with E-state index in [0.29, 0.717) is 28.0 Å². The van der Waals surface area contributed by atoms with E-state index < -0.39 is 6.04 Å². The summed E-state index contributed by atoms with van der Waals surface area (Å²) in [6.07, 6.45) is 0.671. The number of amides is 2. The minimum atomic E-state index is -0.705. The fourth-order valence-electron chi connectivity index (χ4n) is 3.41. The van der Waals surface area contributed by atoms with Crippen LogP contribution in [0.25, 0.3) is 11.1 Å². The Labute approximate surface area is 177 Å². The first-order valence-corrected chi connectivity index (χ1v) is 9.95. The lowest BCUT2D eigenvalue weighted by Gasteiger charge is -2.10.